The van der Waals surface area contributed by atoms with Crippen LogP contribution in [-0.2, 0) is 0 Å². The summed E-state index contributed by atoms with van der Waals surface area (Å²) < 4.78 is 0. The third-order valence-electron chi connectivity index (χ3n) is 3.51. The van der Waals surface area contributed by atoms with E-state index in [1.807, 2.05) is 0 Å². The predicted octanol–water partition coefficient (Wildman–Crippen LogP) is 1.43. The van der Waals surface area contributed by atoms with Crippen LogP contribution in [0.3, 0.4) is 0 Å². The smallest absolute Gasteiger partial charge is 0.00138 e. The molecule has 0 aromatic heterocycles. The van der Waals surface area contributed by atoms with Gasteiger partial charge >= 0.3 is 0 Å². The van der Waals surface area contributed by atoms with Gasteiger partial charge in [-0.05, 0) is 43.1 Å². The molecule has 1 aliphatic heterocycles. The number of hydrogen-bond donors (Lipinski definition) is 1. The lowest BCUT2D eigenvalue weighted by atomic mass is 10.0. The highest BCUT2D eigenvalue weighted by molar-refractivity contribution is 5.85. The van der Waals surface area contributed by atoms with Gasteiger partial charge in [-0.1, -0.05) is 0 Å². The maximum Gasteiger partial charge on any atom is 0.00138 e. The third-order valence-corrected chi connectivity index (χ3v) is 3.51. The number of fused-ring (bicyclic) bond motifs is 1. The van der Waals surface area contributed by atoms with Crippen LogP contribution >= 0.6 is 12.4 Å². The van der Waals surface area contributed by atoms with E-state index in [0.717, 1.165) is 17.3 Å². The first kappa shape index (κ1) is 6.93. The number of halogens is 1. The topological polar surface area (TPSA) is 12.0 Å². The van der Waals surface area contributed by atoms with Gasteiger partial charge < -0.3 is 5.32 Å². The Labute approximate surface area is 68.0 Å². The minimum atomic E-state index is 0. The molecule has 0 spiro atoms. The molecule has 0 aromatic rings. The van der Waals surface area contributed by atoms with Crippen molar-refractivity contribution in [2.75, 3.05) is 13.1 Å². The van der Waals surface area contributed by atoms with Gasteiger partial charge in [-0.15, -0.1) is 12.4 Å². The van der Waals surface area contributed by atoms with Crippen molar-refractivity contribution < 1.29 is 0 Å². The van der Waals surface area contributed by atoms with Crippen molar-refractivity contribution in [2.45, 2.75) is 19.3 Å². The zero-order valence-corrected chi connectivity index (χ0v) is 6.91. The molecular weight excluding hydrogens is 146 g/mol. The number of piperidine rings is 1. The summed E-state index contributed by atoms with van der Waals surface area (Å²) in [5.41, 5.74) is 0.861. The molecule has 10 heavy (non-hydrogen) atoms. The van der Waals surface area contributed by atoms with Crippen LogP contribution in [0.5, 0.6) is 0 Å². The highest BCUT2D eigenvalue weighted by atomic mass is 35.5. The molecule has 2 heteroatoms. The Morgan fingerprint density at radius 1 is 1.20 bits per heavy atom. The first-order valence-corrected chi connectivity index (χ1v) is 4.12. The number of hydrogen-bond acceptors (Lipinski definition) is 1. The monoisotopic (exact) mass is 159 g/mol. The van der Waals surface area contributed by atoms with Crippen LogP contribution in [0.2, 0.25) is 0 Å². The Morgan fingerprint density at radius 3 is 2.40 bits per heavy atom. The lowest BCUT2D eigenvalue weighted by molar-refractivity contribution is 0.445. The maximum atomic E-state index is 3.48. The minimum Gasteiger partial charge on any atom is -0.316 e. The molecule has 1 N–H and O–H groups in total. The van der Waals surface area contributed by atoms with E-state index >= 15 is 0 Å². The Morgan fingerprint density at radius 2 is 2.00 bits per heavy atom. The van der Waals surface area contributed by atoms with Crippen LogP contribution in [0.25, 0.3) is 0 Å². The molecule has 1 saturated heterocycles. The predicted molar refractivity (Wildman–Crippen MR) is 43.4 cm³/mol. The second-order valence-electron chi connectivity index (χ2n) is 4.04. The van der Waals surface area contributed by atoms with E-state index in [9.17, 15) is 0 Å². The fraction of sp³-hybridized carbons (Fsp3) is 1.00. The van der Waals surface area contributed by atoms with Crippen LogP contribution in [0.15, 0.2) is 0 Å². The number of nitrogens with one attached hydrogen (secondary N) is 1. The van der Waals surface area contributed by atoms with Crippen molar-refractivity contribution >= 4 is 12.4 Å². The van der Waals surface area contributed by atoms with Crippen molar-refractivity contribution in [3.8, 4) is 0 Å². The molecule has 2 saturated carbocycles. The van der Waals surface area contributed by atoms with E-state index in [0.29, 0.717) is 0 Å². The summed E-state index contributed by atoms with van der Waals surface area (Å²) in [6, 6.07) is 0. The molecule has 2 atom stereocenters. The maximum absolute atomic E-state index is 3.48. The molecule has 1 heterocycles. The first-order chi connectivity index (χ1) is 4.42. The molecule has 58 valence electrons. The molecule has 0 bridgehead atoms. The average molecular weight is 160 g/mol. The second kappa shape index (κ2) is 1.89. The third kappa shape index (κ3) is 0.680. The van der Waals surface area contributed by atoms with Crippen LogP contribution in [0, 0.1) is 17.3 Å². The Hall–Kier alpha value is 0.250. The van der Waals surface area contributed by atoms with Crippen molar-refractivity contribution in [3.63, 3.8) is 0 Å². The molecule has 2 unspecified atom stereocenters. The summed E-state index contributed by atoms with van der Waals surface area (Å²) in [5, 5.41) is 3.48. The van der Waals surface area contributed by atoms with Crippen LogP contribution < -0.4 is 5.32 Å². The fourth-order valence-corrected chi connectivity index (χ4v) is 2.67. The van der Waals surface area contributed by atoms with Crippen LogP contribution in [0.1, 0.15) is 19.3 Å². The van der Waals surface area contributed by atoms with E-state index in [2.05, 4.69) is 5.32 Å². The summed E-state index contributed by atoms with van der Waals surface area (Å²) >= 11 is 0. The van der Waals surface area contributed by atoms with Crippen molar-refractivity contribution in [1.82, 2.24) is 5.32 Å². The normalized spacial score (nSPS) is 49.8. The molecule has 1 nitrogen and oxygen atoms in total. The standard InChI is InChI=1S/C8H13N.ClH/c1-2-6(1)8-3-7(8)4-9-5-8;/h6-7,9H,1-5H2;1H. The van der Waals surface area contributed by atoms with Crippen LogP contribution in [0.4, 0.5) is 0 Å². The molecule has 0 amide bonds. The summed E-state index contributed by atoms with van der Waals surface area (Å²) in [5.74, 6) is 2.25. The molecule has 0 aromatic carbocycles. The van der Waals surface area contributed by atoms with Gasteiger partial charge in [-0.2, -0.15) is 0 Å². The molecule has 2 aliphatic carbocycles. The van der Waals surface area contributed by atoms with E-state index in [1.165, 1.54) is 25.9 Å². The van der Waals surface area contributed by atoms with Gasteiger partial charge in [0.05, 0.1) is 0 Å². The molecule has 0 radical (unpaired) electrons. The Bertz CT molecular complexity index is 151. The SMILES string of the molecule is C1CC1C12CNCC1C2.Cl. The van der Waals surface area contributed by atoms with Crippen molar-refractivity contribution in [2.24, 2.45) is 17.3 Å². The quantitative estimate of drug-likeness (QED) is 0.611. The van der Waals surface area contributed by atoms with Gasteiger partial charge in [0.2, 0.25) is 0 Å². The minimum absolute atomic E-state index is 0. The van der Waals surface area contributed by atoms with E-state index in [-0.39, 0.29) is 12.4 Å². The van der Waals surface area contributed by atoms with Gasteiger partial charge in [0.15, 0.2) is 0 Å². The lowest BCUT2D eigenvalue weighted by Crippen LogP contribution is -2.17. The highest BCUT2D eigenvalue weighted by Gasteiger charge is 2.63. The Kier molecular flexibility index (Phi) is 1.31. The van der Waals surface area contributed by atoms with Crippen molar-refractivity contribution in [1.29, 1.82) is 0 Å². The van der Waals surface area contributed by atoms with Gasteiger partial charge in [-0.25, -0.2) is 0 Å². The van der Waals surface area contributed by atoms with Crippen molar-refractivity contribution in [3.05, 3.63) is 0 Å². The fourth-order valence-electron chi connectivity index (χ4n) is 2.67. The summed E-state index contributed by atoms with van der Waals surface area (Å²) in [6.07, 6.45) is 4.64. The lowest BCUT2D eigenvalue weighted by Gasteiger charge is -2.07. The van der Waals surface area contributed by atoms with Gasteiger partial charge in [0, 0.05) is 6.54 Å². The first-order valence-electron chi connectivity index (χ1n) is 4.12. The number of rotatable bonds is 1. The summed E-state index contributed by atoms with van der Waals surface area (Å²) in [6.45, 7) is 2.68. The van der Waals surface area contributed by atoms with E-state index in [4.69, 9.17) is 0 Å². The summed E-state index contributed by atoms with van der Waals surface area (Å²) in [4.78, 5) is 0. The second-order valence-corrected chi connectivity index (χ2v) is 4.04. The van der Waals surface area contributed by atoms with Crippen LogP contribution in [-0.4, -0.2) is 13.1 Å². The highest BCUT2D eigenvalue weighted by Crippen LogP contribution is 2.66. The van der Waals surface area contributed by atoms with E-state index < -0.39 is 0 Å². The van der Waals surface area contributed by atoms with Gasteiger partial charge in [0.1, 0.15) is 0 Å². The van der Waals surface area contributed by atoms with Gasteiger partial charge in [-0.3, -0.25) is 0 Å². The largest absolute Gasteiger partial charge is 0.316 e. The Balaban J connectivity index is 0.000000403. The average Bonchev–Trinajstić information content (AvgIpc) is 2.73. The molecular formula is C8H14ClN. The molecule has 3 rings (SSSR count). The zero-order chi connectivity index (χ0) is 5.90. The summed E-state index contributed by atoms with van der Waals surface area (Å²) in [7, 11) is 0. The molecule has 3 fully saturated rings. The zero-order valence-electron chi connectivity index (χ0n) is 6.10. The van der Waals surface area contributed by atoms with E-state index in [1.54, 1.807) is 6.42 Å². The molecule has 3 aliphatic rings. The van der Waals surface area contributed by atoms with Gasteiger partial charge in [0.25, 0.3) is 0 Å².